The van der Waals surface area contributed by atoms with Crippen molar-refractivity contribution in [1.82, 2.24) is 15.5 Å². The highest BCUT2D eigenvalue weighted by atomic mass is 16.5. The SMILES string of the molecule is CNC(C)(C)Cc1nc(-c2ccccc2)no1. The summed E-state index contributed by atoms with van der Waals surface area (Å²) in [7, 11) is 1.93. The third-order valence-electron chi connectivity index (χ3n) is 2.77. The fourth-order valence-electron chi connectivity index (χ4n) is 1.50. The predicted octanol–water partition coefficient (Wildman–Crippen LogP) is 2.28. The summed E-state index contributed by atoms with van der Waals surface area (Å²) < 4.78 is 5.26. The zero-order valence-electron chi connectivity index (χ0n) is 10.4. The van der Waals surface area contributed by atoms with E-state index in [0.717, 1.165) is 5.56 Å². The minimum absolute atomic E-state index is 0.0412. The van der Waals surface area contributed by atoms with Crippen LogP contribution in [-0.4, -0.2) is 22.7 Å². The van der Waals surface area contributed by atoms with Crippen LogP contribution in [0.5, 0.6) is 0 Å². The van der Waals surface area contributed by atoms with Gasteiger partial charge in [0.05, 0.1) is 0 Å². The Morgan fingerprint density at radius 3 is 2.59 bits per heavy atom. The van der Waals surface area contributed by atoms with Crippen molar-refractivity contribution >= 4 is 0 Å². The Hall–Kier alpha value is -1.68. The second-order valence-corrected chi connectivity index (χ2v) is 4.69. The highest BCUT2D eigenvalue weighted by Crippen LogP contribution is 2.17. The summed E-state index contributed by atoms with van der Waals surface area (Å²) in [5.74, 6) is 1.30. The quantitative estimate of drug-likeness (QED) is 0.877. The van der Waals surface area contributed by atoms with Gasteiger partial charge in [0.2, 0.25) is 11.7 Å². The summed E-state index contributed by atoms with van der Waals surface area (Å²) >= 11 is 0. The average molecular weight is 231 g/mol. The number of nitrogens with one attached hydrogen (secondary N) is 1. The minimum atomic E-state index is -0.0412. The zero-order chi connectivity index (χ0) is 12.3. The molecule has 0 atom stereocenters. The first-order valence-corrected chi connectivity index (χ1v) is 5.68. The Bertz CT molecular complexity index is 476. The van der Waals surface area contributed by atoms with Crippen LogP contribution in [0.1, 0.15) is 19.7 Å². The molecular formula is C13H17N3O. The molecule has 0 aliphatic carbocycles. The molecule has 0 saturated carbocycles. The Kier molecular flexibility index (Phi) is 3.24. The van der Waals surface area contributed by atoms with E-state index in [2.05, 4.69) is 29.3 Å². The molecule has 0 aliphatic heterocycles. The van der Waals surface area contributed by atoms with Crippen molar-refractivity contribution in [3.63, 3.8) is 0 Å². The molecule has 1 aromatic carbocycles. The van der Waals surface area contributed by atoms with E-state index in [1.807, 2.05) is 37.4 Å². The Morgan fingerprint density at radius 2 is 1.94 bits per heavy atom. The predicted molar refractivity (Wildman–Crippen MR) is 66.6 cm³/mol. The normalized spacial score (nSPS) is 11.7. The maximum atomic E-state index is 5.26. The van der Waals surface area contributed by atoms with E-state index in [0.29, 0.717) is 18.1 Å². The van der Waals surface area contributed by atoms with Crippen molar-refractivity contribution in [3.8, 4) is 11.4 Å². The van der Waals surface area contributed by atoms with Crippen molar-refractivity contribution in [2.45, 2.75) is 25.8 Å². The fourth-order valence-corrected chi connectivity index (χ4v) is 1.50. The number of nitrogens with zero attached hydrogens (tertiary/aromatic N) is 2. The molecule has 0 aliphatic rings. The Morgan fingerprint density at radius 1 is 1.24 bits per heavy atom. The molecule has 0 spiro atoms. The van der Waals surface area contributed by atoms with Gasteiger partial charge in [-0.2, -0.15) is 4.98 Å². The van der Waals surface area contributed by atoms with E-state index >= 15 is 0 Å². The molecule has 0 amide bonds. The summed E-state index contributed by atoms with van der Waals surface area (Å²) in [4.78, 5) is 4.40. The summed E-state index contributed by atoms with van der Waals surface area (Å²) in [5, 5.41) is 7.20. The van der Waals surface area contributed by atoms with Gasteiger partial charge in [-0.25, -0.2) is 0 Å². The molecule has 1 aromatic heterocycles. The van der Waals surface area contributed by atoms with Gasteiger partial charge < -0.3 is 9.84 Å². The second-order valence-electron chi connectivity index (χ2n) is 4.69. The van der Waals surface area contributed by atoms with Crippen LogP contribution in [0.25, 0.3) is 11.4 Å². The van der Waals surface area contributed by atoms with E-state index in [1.54, 1.807) is 0 Å². The van der Waals surface area contributed by atoms with Crippen LogP contribution in [0.3, 0.4) is 0 Å². The molecule has 4 nitrogen and oxygen atoms in total. The van der Waals surface area contributed by atoms with Gasteiger partial charge in [-0.3, -0.25) is 0 Å². The third-order valence-corrected chi connectivity index (χ3v) is 2.77. The lowest BCUT2D eigenvalue weighted by Crippen LogP contribution is -2.38. The van der Waals surface area contributed by atoms with E-state index in [-0.39, 0.29) is 5.54 Å². The van der Waals surface area contributed by atoms with Crippen molar-refractivity contribution < 1.29 is 4.52 Å². The molecule has 1 heterocycles. The van der Waals surface area contributed by atoms with Crippen molar-refractivity contribution in [2.75, 3.05) is 7.05 Å². The zero-order valence-corrected chi connectivity index (χ0v) is 10.4. The van der Waals surface area contributed by atoms with Crippen LogP contribution in [0.15, 0.2) is 34.9 Å². The molecule has 17 heavy (non-hydrogen) atoms. The van der Waals surface area contributed by atoms with Crippen LogP contribution in [-0.2, 0) is 6.42 Å². The molecule has 1 N–H and O–H groups in total. The number of hydrogen-bond acceptors (Lipinski definition) is 4. The topological polar surface area (TPSA) is 51.0 Å². The van der Waals surface area contributed by atoms with Crippen LogP contribution in [0.4, 0.5) is 0 Å². The molecule has 0 saturated heterocycles. The summed E-state index contributed by atoms with van der Waals surface area (Å²) in [5.41, 5.74) is 0.935. The molecule has 2 aromatic rings. The third kappa shape index (κ3) is 2.91. The van der Waals surface area contributed by atoms with Gasteiger partial charge in [-0.15, -0.1) is 0 Å². The van der Waals surface area contributed by atoms with Gasteiger partial charge >= 0.3 is 0 Å². The monoisotopic (exact) mass is 231 g/mol. The molecule has 0 fully saturated rings. The van der Waals surface area contributed by atoms with Crippen LogP contribution in [0, 0.1) is 0 Å². The second kappa shape index (κ2) is 4.67. The lowest BCUT2D eigenvalue weighted by molar-refractivity contribution is 0.325. The first-order chi connectivity index (χ1) is 8.11. The first-order valence-electron chi connectivity index (χ1n) is 5.68. The van der Waals surface area contributed by atoms with Crippen molar-refractivity contribution in [2.24, 2.45) is 0 Å². The number of rotatable bonds is 4. The minimum Gasteiger partial charge on any atom is -0.339 e. The van der Waals surface area contributed by atoms with Crippen LogP contribution >= 0.6 is 0 Å². The maximum Gasteiger partial charge on any atom is 0.228 e. The average Bonchev–Trinajstić information content (AvgIpc) is 2.78. The van der Waals surface area contributed by atoms with Gasteiger partial charge in [-0.1, -0.05) is 35.5 Å². The standard InChI is InChI=1S/C13H17N3O/c1-13(2,14-3)9-11-15-12(16-17-11)10-7-5-4-6-8-10/h4-8,14H,9H2,1-3H3. The molecule has 2 rings (SSSR count). The summed E-state index contributed by atoms with van der Waals surface area (Å²) in [6, 6.07) is 9.83. The van der Waals surface area contributed by atoms with Gasteiger partial charge in [-0.05, 0) is 20.9 Å². The van der Waals surface area contributed by atoms with Crippen molar-refractivity contribution in [3.05, 3.63) is 36.2 Å². The Balaban J connectivity index is 2.17. The number of likely N-dealkylation sites (N-methyl/N-ethyl adjacent to an activating group) is 1. The summed E-state index contributed by atoms with van der Waals surface area (Å²) in [6.07, 6.45) is 0.712. The van der Waals surface area contributed by atoms with E-state index < -0.39 is 0 Å². The van der Waals surface area contributed by atoms with Crippen LogP contribution in [0.2, 0.25) is 0 Å². The highest BCUT2D eigenvalue weighted by Gasteiger charge is 2.20. The van der Waals surface area contributed by atoms with E-state index in [9.17, 15) is 0 Å². The van der Waals surface area contributed by atoms with Gasteiger partial charge in [0, 0.05) is 17.5 Å². The molecule has 0 bridgehead atoms. The number of aromatic nitrogens is 2. The number of benzene rings is 1. The van der Waals surface area contributed by atoms with Gasteiger partial charge in [0.25, 0.3) is 0 Å². The van der Waals surface area contributed by atoms with E-state index in [4.69, 9.17) is 4.52 Å². The molecule has 4 heteroatoms. The summed E-state index contributed by atoms with van der Waals surface area (Å²) in [6.45, 7) is 4.19. The maximum absolute atomic E-state index is 5.26. The van der Waals surface area contributed by atoms with Crippen LogP contribution < -0.4 is 5.32 Å². The van der Waals surface area contributed by atoms with E-state index in [1.165, 1.54) is 0 Å². The fraction of sp³-hybridized carbons (Fsp3) is 0.385. The molecule has 90 valence electrons. The molecule has 0 radical (unpaired) electrons. The van der Waals surface area contributed by atoms with Crippen molar-refractivity contribution in [1.29, 1.82) is 0 Å². The van der Waals surface area contributed by atoms with Gasteiger partial charge in [0.15, 0.2) is 0 Å². The molecular weight excluding hydrogens is 214 g/mol. The Labute approximate surface area is 101 Å². The lowest BCUT2D eigenvalue weighted by Gasteiger charge is -2.21. The number of hydrogen-bond donors (Lipinski definition) is 1. The highest BCUT2D eigenvalue weighted by molar-refractivity contribution is 5.53. The lowest BCUT2D eigenvalue weighted by atomic mass is 10.0. The molecule has 0 unspecified atom stereocenters. The smallest absolute Gasteiger partial charge is 0.228 e. The van der Waals surface area contributed by atoms with Gasteiger partial charge in [0.1, 0.15) is 0 Å². The largest absolute Gasteiger partial charge is 0.339 e. The first kappa shape index (κ1) is 11.8.